The van der Waals surface area contributed by atoms with Crippen LogP contribution in [0.2, 0.25) is 0 Å². The molecule has 2 aromatic heterocycles. The number of hydrogen-bond donors (Lipinski definition) is 0. The number of rotatable bonds is 8. The largest absolute Gasteiger partial charge is 0.383 e. The van der Waals surface area contributed by atoms with Crippen molar-refractivity contribution in [3.05, 3.63) is 57.3 Å². The Morgan fingerprint density at radius 3 is 2.71 bits per heavy atom. The van der Waals surface area contributed by atoms with Crippen molar-refractivity contribution in [2.45, 2.75) is 31.2 Å². The number of benzene rings is 1. The summed E-state index contributed by atoms with van der Waals surface area (Å²) in [6.45, 7) is 6.72. The fraction of sp³-hybridized carbons (Fsp3) is 0.350. The molecule has 8 heteroatoms. The summed E-state index contributed by atoms with van der Waals surface area (Å²) < 4.78 is 10.6. The third-order valence-electron chi connectivity index (χ3n) is 4.49. The van der Waals surface area contributed by atoms with Crippen molar-refractivity contribution in [1.82, 2.24) is 14.3 Å². The molecule has 0 fully saturated rings. The van der Waals surface area contributed by atoms with E-state index in [4.69, 9.17) is 17.0 Å². The molecular weight excluding hydrogens is 410 g/mol. The summed E-state index contributed by atoms with van der Waals surface area (Å²) in [6, 6.07) is 11.9. The van der Waals surface area contributed by atoms with Gasteiger partial charge < -0.3 is 9.30 Å². The van der Waals surface area contributed by atoms with Gasteiger partial charge in [-0.1, -0.05) is 41.3 Å². The average molecular weight is 434 g/mol. The van der Waals surface area contributed by atoms with Crippen molar-refractivity contribution in [2.24, 2.45) is 0 Å². The minimum absolute atomic E-state index is 0.0985. The Kier molecular flexibility index (Phi) is 6.87. The molecule has 5 nitrogen and oxygen atoms in total. The summed E-state index contributed by atoms with van der Waals surface area (Å²) in [5.41, 5.74) is 3.74. The number of methoxy groups -OCH3 is 1. The number of para-hydroxylation sites is 1. The standard InChI is InChI=1S/C20H23N3O2S3/c1-13-10-17(15(3)22(13)14(2)11-25-4)18(24)12-27-19-21-23(20(26)28-19)16-8-6-5-7-9-16/h5-10,14H,11-12H2,1-4H3. The second-order valence-electron chi connectivity index (χ2n) is 6.55. The Balaban J connectivity index is 1.73. The molecule has 1 atom stereocenters. The molecule has 1 aromatic carbocycles. The molecule has 0 radical (unpaired) electrons. The highest BCUT2D eigenvalue weighted by molar-refractivity contribution is 8.01. The van der Waals surface area contributed by atoms with Gasteiger partial charge in [0.25, 0.3) is 0 Å². The number of hydrogen-bond acceptors (Lipinski definition) is 6. The molecule has 0 saturated heterocycles. The molecule has 2 heterocycles. The van der Waals surface area contributed by atoms with Gasteiger partial charge in [-0.2, -0.15) is 0 Å². The molecule has 0 bridgehead atoms. The molecule has 3 rings (SSSR count). The number of ketones is 1. The zero-order valence-corrected chi connectivity index (χ0v) is 18.8. The minimum atomic E-state index is 0.0985. The summed E-state index contributed by atoms with van der Waals surface area (Å²) in [6.07, 6.45) is 0. The van der Waals surface area contributed by atoms with Crippen LogP contribution in [0.1, 0.15) is 34.7 Å². The van der Waals surface area contributed by atoms with Gasteiger partial charge in [0.15, 0.2) is 14.1 Å². The first-order valence-corrected chi connectivity index (χ1v) is 11.1. The van der Waals surface area contributed by atoms with Crippen LogP contribution in [0.5, 0.6) is 0 Å². The van der Waals surface area contributed by atoms with Crippen LogP contribution in [0.3, 0.4) is 0 Å². The van der Waals surface area contributed by atoms with Crippen molar-refractivity contribution in [2.75, 3.05) is 19.5 Å². The Hall–Kier alpha value is -1.74. The van der Waals surface area contributed by atoms with Crippen molar-refractivity contribution in [3.63, 3.8) is 0 Å². The molecule has 0 aliphatic carbocycles. The first-order chi connectivity index (χ1) is 13.4. The average Bonchev–Trinajstić information content (AvgIpc) is 3.19. The lowest BCUT2D eigenvalue weighted by molar-refractivity contribution is 0.102. The number of aryl methyl sites for hydroxylation is 1. The second kappa shape index (κ2) is 9.17. The van der Waals surface area contributed by atoms with Crippen LogP contribution in [0.4, 0.5) is 0 Å². The van der Waals surface area contributed by atoms with E-state index in [-0.39, 0.29) is 11.8 Å². The number of carbonyl (C=O) groups is 1. The zero-order valence-electron chi connectivity index (χ0n) is 16.3. The van der Waals surface area contributed by atoms with E-state index in [9.17, 15) is 4.79 Å². The van der Waals surface area contributed by atoms with Crippen LogP contribution in [0, 0.1) is 17.8 Å². The monoisotopic (exact) mass is 433 g/mol. The van der Waals surface area contributed by atoms with E-state index < -0.39 is 0 Å². The van der Waals surface area contributed by atoms with E-state index in [2.05, 4.69) is 16.6 Å². The lowest BCUT2D eigenvalue weighted by atomic mass is 10.2. The summed E-state index contributed by atoms with van der Waals surface area (Å²) in [4.78, 5) is 12.8. The number of carbonyl (C=O) groups excluding carboxylic acids is 1. The van der Waals surface area contributed by atoms with Crippen molar-refractivity contribution >= 4 is 41.1 Å². The number of nitrogens with zero attached hydrogens (tertiary/aromatic N) is 3. The highest BCUT2D eigenvalue weighted by Crippen LogP contribution is 2.27. The van der Waals surface area contributed by atoms with Crippen LogP contribution in [0.15, 0.2) is 40.7 Å². The summed E-state index contributed by atoms with van der Waals surface area (Å²) >= 11 is 8.29. The molecule has 148 valence electrons. The fourth-order valence-electron chi connectivity index (χ4n) is 3.31. The van der Waals surface area contributed by atoms with Crippen LogP contribution in [-0.2, 0) is 4.74 Å². The SMILES string of the molecule is COCC(C)n1c(C)cc(C(=O)CSc2nn(-c3ccccc3)c(=S)s2)c1C. The van der Waals surface area contributed by atoms with E-state index >= 15 is 0 Å². The molecule has 3 aromatic rings. The quantitative estimate of drug-likeness (QED) is 0.275. The van der Waals surface area contributed by atoms with Gasteiger partial charge in [-0.05, 0) is 51.2 Å². The normalized spacial score (nSPS) is 12.3. The molecule has 0 amide bonds. The maximum Gasteiger partial charge on any atom is 0.184 e. The van der Waals surface area contributed by atoms with Gasteiger partial charge in [0.05, 0.1) is 24.1 Å². The van der Waals surface area contributed by atoms with Gasteiger partial charge in [0, 0.05) is 24.1 Å². The molecule has 1 unspecified atom stereocenters. The topological polar surface area (TPSA) is 49.1 Å². The van der Waals surface area contributed by atoms with E-state index in [1.54, 1.807) is 11.8 Å². The predicted octanol–water partition coefficient (Wildman–Crippen LogP) is 5.26. The van der Waals surface area contributed by atoms with Crippen molar-refractivity contribution in [3.8, 4) is 5.69 Å². The first kappa shape index (κ1) is 21.0. The van der Waals surface area contributed by atoms with E-state index in [0.717, 1.165) is 27.0 Å². The van der Waals surface area contributed by atoms with Crippen LogP contribution in [0.25, 0.3) is 5.69 Å². The molecule has 0 N–H and O–H groups in total. The van der Waals surface area contributed by atoms with Gasteiger partial charge in [-0.15, -0.1) is 5.10 Å². The molecular formula is C20H23N3O2S3. The minimum Gasteiger partial charge on any atom is -0.383 e. The highest BCUT2D eigenvalue weighted by atomic mass is 32.2. The predicted molar refractivity (Wildman–Crippen MR) is 118 cm³/mol. The van der Waals surface area contributed by atoms with Gasteiger partial charge >= 0.3 is 0 Å². The van der Waals surface area contributed by atoms with Gasteiger partial charge in [-0.25, -0.2) is 4.68 Å². The first-order valence-electron chi connectivity index (χ1n) is 8.91. The Morgan fingerprint density at radius 1 is 1.32 bits per heavy atom. The van der Waals surface area contributed by atoms with Crippen LogP contribution in [-0.4, -0.2) is 39.6 Å². The Labute approximate surface area is 178 Å². The summed E-state index contributed by atoms with van der Waals surface area (Å²) in [5, 5.41) is 4.56. The third-order valence-corrected chi connectivity index (χ3v) is 6.86. The maximum absolute atomic E-state index is 12.8. The number of Topliss-reactive ketones (excluding diaryl/α,β-unsaturated/α-hetero) is 1. The molecule has 28 heavy (non-hydrogen) atoms. The van der Waals surface area contributed by atoms with Crippen LogP contribution >= 0.6 is 35.3 Å². The molecule has 0 aliphatic rings. The summed E-state index contributed by atoms with van der Waals surface area (Å²) in [7, 11) is 1.69. The molecule has 0 aliphatic heterocycles. The van der Waals surface area contributed by atoms with Gasteiger partial charge in [0.2, 0.25) is 0 Å². The van der Waals surface area contributed by atoms with Crippen LogP contribution < -0.4 is 0 Å². The third kappa shape index (κ3) is 4.46. The highest BCUT2D eigenvalue weighted by Gasteiger charge is 2.19. The van der Waals surface area contributed by atoms with Gasteiger partial charge in [0.1, 0.15) is 0 Å². The van der Waals surface area contributed by atoms with E-state index in [1.165, 1.54) is 23.1 Å². The van der Waals surface area contributed by atoms with E-state index in [1.807, 2.05) is 50.2 Å². The Morgan fingerprint density at radius 2 is 2.04 bits per heavy atom. The zero-order chi connectivity index (χ0) is 20.3. The van der Waals surface area contributed by atoms with Crippen molar-refractivity contribution < 1.29 is 9.53 Å². The molecule has 0 spiro atoms. The lowest BCUT2D eigenvalue weighted by Crippen LogP contribution is -2.14. The number of ether oxygens (including phenoxy) is 1. The second-order valence-corrected chi connectivity index (χ2v) is 9.40. The summed E-state index contributed by atoms with van der Waals surface area (Å²) in [5.74, 6) is 0.432. The molecule has 0 saturated carbocycles. The number of aromatic nitrogens is 3. The van der Waals surface area contributed by atoms with E-state index in [0.29, 0.717) is 16.3 Å². The smallest absolute Gasteiger partial charge is 0.184 e. The number of thioether (sulfide) groups is 1. The Bertz CT molecular complexity index is 1020. The van der Waals surface area contributed by atoms with Crippen molar-refractivity contribution in [1.29, 1.82) is 0 Å². The lowest BCUT2D eigenvalue weighted by Gasteiger charge is -2.17. The maximum atomic E-state index is 12.8. The van der Waals surface area contributed by atoms with Gasteiger partial charge in [-0.3, -0.25) is 4.79 Å². The fourth-order valence-corrected chi connectivity index (χ4v) is 5.55.